The number of nitrogens with zero attached hydrogens (tertiary/aromatic N) is 2. The Morgan fingerprint density at radius 2 is 2.35 bits per heavy atom. The molecule has 1 aromatic heterocycles. The molecule has 1 N–H and O–H groups in total. The molecule has 1 aromatic rings. The van der Waals surface area contributed by atoms with Crippen molar-refractivity contribution in [1.82, 2.24) is 15.1 Å². The van der Waals surface area contributed by atoms with E-state index in [1.165, 1.54) is 18.5 Å². The van der Waals surface area contributed by atoms with Crippen molar-refractivity contribution in [3.8, 4) is 0 Å². The first-order chi connectivity index (χ1) is 8.24. The summed E-state index contributed by atoms with van der Waals surface area (Å²) in [6, 6.07) is 2.69. The first kappa shape index (κ1) is 11.0. The fraction of sp³-hybridized carbons (Fsp3) is 0.643. The molecule has 0 saturated heterocycles. The minimum atomic E-state index is 0.602. The second-order valence-corrected chi connectivity index (χ2v) is 5.56. The minimum Gasteiger partial charge on any atom is -0.308 e. The summed E-state index contributed by atoms with van der Waals surface area (Å²) in [6.45, 7) is 3.25. The maximum absolute atomic E-state index is 4.20. The van der Waals surface area contributed by atoms with Gasteiger partial charge in [0.15, 0.2) is 0 Å². The molecule has 1 saturated carbocycles. The van der Waals surface area contributed by atoms with E-state index in [1.807, 2.05) is 17.9 Å². The molecule has 2 aliphatic rings. The van der Waals surface area contributed by atoms with E-state index < -0.39 is 0 Å². The molecule has 0 aromatic carbocycles. The lowest BCUT2D eigenvalue weighted by Crippen LogP contribution is -2.35. The number of aromatic nitrogens is 2. The first-order valence-electron chi connectivity index (χ1n) is 6.62. The van der Waals surface area contributed by atoms with E-state index in [0.29, 0.717) is 6.04 Å². The molecule has 2 bridgehead atoms. The monoisotopic (exact) mass is 231 g/mol. The quantitative estimate of drug-likeness (QED) is 0.804. The third-order valence-corrected chi connectivity index (χ3v) is 4.50. The summed E-state index contributed by atoms with van der Waals surface area (Å²) < 4.78 is 1.94. The topological polar surface area (TPSA) is 29.9 Å². The lowest BCUT2D eigenvalue weighted by molar-refractivity contribution is 0.324. The third kappa shape index (κ3) is 2.04. The lowest BCUT2D eigenvalue weighted by atomic mass is 9.87. The van der Waals surface area contributed by atoms with Crippen molar-refractivity contribution in [2.45, 2.75) is 32.4 Å². The van der Waals surface area contributed by atoms with Gasteiger partial charge < -0.3 is 5.32 Å². The molecule has 92 valence electrons. The van der Waals surface area contributed by atoms with Gasteiger partial charge in [-0.05, 0) is 43.6 Å². The van der Waals surface area contributed by atoms with Gasteiger partial charge in [-0.25, -0.2) is 0 Å². The van der Waals surface area contributed by atoms with Crippen LogP contribution in [0.25, 0.3) is 0 Å². The number of hydrogen-bond donors (Lipinski definition) is 1. The molecule has 3 heteroatoms. The van der Waals surface area contributed by atoms with E-state index in [1.54, 1.807) is 0 Å². The van der Waals surface area contributed by atoms with Crippen LogP contribution in [0.15, 0.2) is 24.4 Å². The number of nitrogens with one attached hydrogen (secondary N) is 1. The smallest absolute Gasteiger partial charge is 0.0518 e. The summed E-state index contributed by atoms with van der Waals surface area (Å²) in [6.07, 6.45) is 9.47. The van der Waals surface area contributed by atoms with E-state index in [9.17, 15) is 0 Å². The van der Waals surface area contributed by atoms with Crippen LogP contribution in [-0.2, 0) is 13.6 Å². The Morgan fingerprint density at radius 1 is 1.47 bits per heavy atom. The molecule has 17 heavy (non-hydrogen) atoms. The van der Waals surface area contributed by atoms with Crippen LogP contribution >= 0.6 is 0 Å². The van der Waals surface area contributed by atoms with Gasteiger partial charge in [-0.3, -0.25) is 4.68 Å². The van der Waals surface area contributed by atoms with Crippen molar-refractivity contribution < 1.29 is 0 Å². The second kappa shape index (κ2) is 4.30. The highest BCUT2D eigenvalue weighted by Crippen LogP contribution is 2.44. The van der Waals surface area contributed by atoms with Gasteiger partial charge in [0.1, 0.15) is 0 Å². The van der Waals surface area contributed by atoms with E-state index >= 15 is 0 Å². The molecule has 3 nitrogen and oxygen atoms in total. The van der Waals surface area contributed by atoms with Crippen LogP contribution in [0, 0.1) is 17.8 Å². The molecule has 0 spiro atoms. The van der Waals surface area contributed by atoms with Gasteiger partial charge in [0, 0.05) is 25.8 Å². The van der Waals surface area contributed by atoms with E-state index in [4.69, 9.17) is 0 Å². The van der Waals surface area contributed by atoms with Gasteiger partial charge >= 0.3 is 0 Å². The molecular formula is C14H21N3. The molecule has 0 aliphatic heterocycles. The molecule has 2 aliphatic carbocycles. The van der Waals surface area contributed by atoms with Crippen molar-refractivity contribution in [3.05, 3.63) is 30.1 Å². The lowest BCUT2D eigenvalue weighted by Gasteiger charge is -2.26. The molecule has 1 fully saturated rings. The minimum absolute atomic E-state index is 0.602. The fourth-order valence-electron chi connectivity index (χ4n) is 3.39. The van der Waals surface area contributed by atoms with Crippen LogP contribution in [-0.4, -0.2) is 15.8 Å². The highest BCUT2D eigenvalue weighted by atomic mass is 15.3. The Morgan fingerprint density at radius 3 is 2.94 bits per heavy atom. The highest BCUT2D eigenvalue weighted by Gasteiger charge is 2.38. The average Bonchev–Trinajstić information content (AvgIpc) is 3.01. The largest absolute Gasteiger partial charge is 0.308 e. The summed E-state index contributed by atoms with van der Waals surface area (Å²) in [4.78, 5) is 0. The zero-order chi connectivity index (χ0) is 11.8. The molecule has 4 unspecified atom stereocenters. The van der Waals surface area contributed by atoms with Crippen LogP contribution in [0.1, 0.15) is 25.5 Å². The molecule has 0 amide bonds. The maximum Gasteiger partial charge on any atom is 0.0518 e. The van der Waals surface area contributed by atoms with Crippen molar-refractivity contribution in [1.29, 1.82) is 0 Å². The van der Waals surface area contributed by atoms with Crippen molar-refractivity contribution in [3.63, 3.8) is 0 Å². The average molecular weight is 231 g/mol. The molecule has 4 atom stereocenters. The van der Waals surface area contributed by atoms with E-state index in [-0.39, 0.29) is 0 Å². The maximum atomic E-state index is 4.20. The molecule has 3 rings (SSSR count). The van der Waals surface area contributed by atoms with Gasteiger partial charge in [0.2, 0.25) is 0 Å². The Labute approximate surface area is 103 Å². The van der Waals surface area contributed by atoms with Gasteiger partial charge in [0.05, 0.1) is 5.69 Å². The number of fused-ring (bicyclic) bond motifs is 2. The SMILES string of the molecule is CC(NCc1ccnn1C)C1CC2C=CC1C2. The van der Waals surface area contributed by atoms with Crippen molar-refractivity contribution in [2.24, 2.45) is 24.8 Å². The van der Waals surface area contributed by atoms with Gasteiger partial charge in [0.25, 0.3) is 0 Å². The summed E-state index contributed by atoms with van der Waals surface area (Å²) in [5.74, 6) is 2.53. The van der Waals surface area contributed by atoms with Crippen LogP contribution in [0.4, 0.5) is 0 Å². The predicted octanol–water partition coefficient (Wildman–Crippen LogP) is 2.11. The third-order valence-electron chi connectivity index (χ3n) is 4.50. The summed E-state index contributed by atoms with van der Waals surface area (Å²) >= 11 is 0. The van der Waals surface area contributed by atoms with Crippen LogP contribution in [0.3, 0.4) is 0 Å². The van der Waals surface area contributed by atoms with Gasteiger partial charge in [-0.15, -0.1) is 0 Å². The Bertz CT molecular complexity index is 421. The number of hydrogen-bond acceptors (Lipinski definition) is 2. The van der Waals surface area contributed by atoms with Gasteiger partial charge in [-0.2, -0.15) is 5.10 Å². The molecule has 1 heterocycles. The Kier molecular flexibility index (Phi) is 2.79. The first-order valence-corrected chi connectivity index (χ1v) is 6.62. The van der Waals surface area contributed by atoms with Crippen LogP contribution in [0.2, 0.25) is 0 Å². The standard InChI is InChI=1S/C14H21N3/c1-10(14-8-11-3-4-12(14)7-11)15-9-13-5-6-16-17(13)2/h3-6,10-12,14-15H,7-9H2,1-2H3. The van der Waals surface area contributed by atoms with Gasteiger partial charge in [-0.1, -0.05) is 12.2 Å². The molecule has 0 radical (unpaired) electrons. The normalized spacial score (nSPS) is 32.2. The second-order valence-electron chi connectivity index (χ2n) is 5.56. The van der Waals surface area contributed by atoms with Crippen LogP contribution < -0.4 is 5.32 Å². The van der Waals surface area contributed by atoms with E-state index in [2.05, 4.69) is 35.6 Å². The Hall–Kier alpha value is -1.09. The fourth-order valence-corrected chi connectivity index (χ4v) is 3.39. The van der Waals surface area contributed by atoms with Crippen molar-refractivity contribution >= 4 is 0 Å². The predicted molar refractivity (Wildman–Crippen MR) is 68.4 cm³/mol. The van der Waals surface area contributed by atoms with E-state index in [0.717, 1.165) is 24.3 Å². The summed E-state index contributed by atoms with van der Waals surface area (Å²) in [5.41, 5.74) is 1.26. The zero-order valence-electron chi connectivity index (χ0n) is 10.6. The van der Waals surface area contributed by atoms with Crippen LogP contribution in [0.5, 0.6) is 0 Å². The number of allylic oxidation sites excluding steroid dienone is 2. The van der Waals surface area contributed by atoms with Crippen molar-refractivity contribution in [2.75, 3.05) is 0 Å². The zero-order valence-corrected chi connectivity index (χ0v) is 10.6. The Balaban J connectivity index is 1.56. The highest BCUT2D eigenvalue weighted by molar-refractivity contribution is 5.12. The summed E-state index contributed by atoms with van der Waals surface area (Å²) in [5, 5.41) is 7.85. The number of aryl methyl sites for hydroxylation is 1. The molecular weight excluding hydrogens is 210 g/mol. The summed E-state index contributed by atoms with van der Waals surface area (Å²) in [7, 11) is 2.00. The number of rotatable bonds is 4.